The van der Waals surface area contributed by atoms with Crippen LogP contribution in [0.1, 0.15) is 6.92 Å². The predicted molar refractivity (Wildman–Crippen MR) is 99.7 cm³/mol. The van der Waals surface area contributed by atoms with Gasteiger partial charge in [-0.25, -0.2) is 12.8 Å². The van der Waals surface area contributed by atoms with Crippen molar-refractivity contribution in [2.45, 2.75) is 11.8 Å². The highest BCUT2D eigenvalue weighted by atomic mass is 32.2. The molecule has 2 aromatic carbocycles. The summed E-state index contributed by atoms with van der Waals surface area (Å²) in [4.78, 5) is 11.8. The third kappa shape index (κ3) is 5.30. The van der Waals surface area contributed by atoms with Gasteiger partial charge >= 0.3 is 5.97 Å². The van der Waals surface area contributed by atoms with Crippen molar-refractivity contribution in [3.8, 4) is 5.75 Å². The molecule has 0 aliphatic heterocycles. The van der Waals surface area contributed by atoms with E-state index in [9.17, 15) is 17.6 Å². The summed E-state index contributed by atoms with van der Waals surface area (Å²) < 4.78 is 50.5. The van der Waals surface area contributed by atoms with Crippen LogP contribution in [0.3, 0.4) is 0 Å². The molecule has 6 nitrogen and oxygen atoms in total. The lowest BCUT2D eigenvalue weighted by atomic mass is 10.3. The molecule has 2 rings (SSSR count). The van der Waals surface area contributed by atoms with Crippen molar-refractivity contribution in [1.82, 2.24) is 0 Å². The zero-order chi connectivity index (χ0) is 19.9. The molecule has 0 unspecified atom stereocenters. The largest absolute Gasteiger partial charge is 0.489 e. The third-order valence-corrected chi connectivity index (χ3v) is 5.24. The SMILES string of the molecule is C=CCOc1cccc(N(CC(=O)OCC)S(=O)(=O)c2ccc(F)cc2)c1. The lowest BCUT2D eigenvalue weighted by Gasteiger charge is -2.24. The van der Waals surface area contributed by atoms with Crippen LogP contribution in [0.25, 0.3) is 0 Å². The molecule has 0 aliphatic rings. The van der Waals surface area contributed by atoms with E-state index in [4.69, 9.17) is 9.47 Å². The number of nitrogens with zero attached hydrogens (tertiary/aromatic N) is 1. The number of hydrogen-bond acceptors (Lipinski definition) is 5. The summed E-state index contributed by atoms with van der Waals surface area (Å²) in [5.41, 5.74) is 0.217. The Balaban J connectivity index is 2.46. The Morgan fingerprint density at radius 2 is 1.93 bits per heavy atom. The quantitative estimate of drug-likeness (QED) is 0.483. The topological polar surface area (TPSA) is 72.9 Å². The number of halogens is 1. The molecule has 0 heterocycles. The number of rotatable bonds is 9. The zero-order valence-electron chi connectivity index (χ0n) is 14.8. The minimum Gasteiger partial charge on any atom is -0.489 e. The summed E-state index contributed by atoms with van der Waals surface area (Å²) in [6.07, 6.45) is 1.55. The molecule has 0 radical (unpaired) electrons. The second-order valence-corrected chi connectivity index (χ2v) is 7.23. The van der Waals surface area contributed by atoms with Gasteiger partial charge in [-0.2, -0.15) is 0 Å². The van der Waals surface area contributed by atoms with E-state index in [1.807, 2.05) is 0 Å². The van der Waals surface area contributed by atoms with Gasteiger partial charge in [0.15, 0.2) is 0 Å². The Bertz CT molecular complexity index is 897. The van der Waals surface area contributed by atoms with Gasteiger partial charge in [0.25, 0.3) is 10.0 Å². The average Bonchev–Trinajstić information content (AvgIpc) is 2.65. The first-order chi connectivity index (χ1) is 12.9. The minimum atomic E-state index is -4.13. The molecule has 0 saturated carbocycles. The van der Waals surface area contributed by atoms with Crippen LogP contribution in [-0.4, -0.2) is 34.1 Å². The van der Waals surface area contributed by atoms with Gasteiger partial charge < -0.3 is 9.47 Å². The molecule has 2 aromatic rings. The van der Waals surface area contributed by atoms with Crippen molar-refractivity contribution in [3.05, 3.63) is 67.0 Å². The fourth-order valence-corrected chi connectivity index (χ4v) is 3.66. The molecule has 27 heavy (non-hydrogen) atoms. The third-order valence-electron chi connectivity index (χ3n) is 3.45. The Labute approximate surface area is 157 Å². The summed E-state index contributed by atoms with van der Waals surface area (Å²) in [6.45, 7) is 5.01. The molecule has 0 aliphatic carbocycles. The molecular formula is C19H20FNO5S. The van der Waals surface area contributed by atoms with Gasteiger partial charge in [-0.1, -0.05) is 18.7 Å². The van der Waals surface area contributed by atoms with Gasteiger partial charge in [0, 0.05) is 6.07 Å². The average molecular weight is 393 g/mol. The second-order valence-electron chi connectivity index (χ2n) is 5.37. The molecule has 144 valence electrons. The summed E-state index contributed by atoms with van der Waals surface area (Å²) in [5.74, 6) is -0.859. The number of carbonyl (C=O) groups is 1. The Kier molecular flexibility index (Phi) is 6.95. The number of sulfonamides is 1. The highest BCUT2D eigenvalue weighted by molar-refractivity contribution is 7.92. The zero-order valence-corrected chi connectivity index (χ0v) is 15.6. The van der Waals surface area contributed by atoms with Gasteiger partial charge in [0.2, 0.25) is 0 Å². The molecule has 0 bridgehead atoms. The van der Waals surface area contributed by atoms with Crippen LogP contribution in [-0.2, 0) is 19.6 Å². The smallest absolute Gasteiger partial charge is 0.326 e. The molecule has 0 atom stereocenters. The Morgan fingerprint density at radius 3 is 2.56 bits per heavy atom. The Hall–Kier alpha value is -2.87. The first kappa shape index (κ1) is 20.4. The summed E-state index contributed by atoms with van der Waals surface area (Å²) in [6, 6.07) is 10.6. The van der Waals surface area contributed by atoms with Crippen LogP contribution >= 0.6 is 0 Å². The molecule has 0 spiro atoms. The van der Waals surface area contributed by atoms with Gasteiger partial charge in [0.1, 0.15) is 24.7 Å². The van der Waals surface area contributed by atoms with E-state index in [0.29, 0.717) is 5.75 Å². The van der Waals surface area contributed by atoms with Crippen LogP contribution in [0.5, 0.6) is 5.75 Å². The van der Waals surface area contributed by atoms with Crippen molar-refractivity contribution in [2.24, 2.45) is 0 Å². The molecule has 0 N–H and O–H groups in total. The van der Waals surface area contributed by atoms with Crippen molar-refractivity contribution in [1.29, 1.82) is 0 Å². The van der Waals surface area contributed by atoms with Crippen LogP contribution in [0.15, 0.2) is 66.1 Å². The number of carbonyl (C=O) groups excluding carboxylic acids is 1. The van der Waals surface area contributed by atoms with Crippen LogP contribution in [0, 0.1) is 5.82 Å². The summed E-state index contributed by atoms with van der Waals surface area (Å²) in [5, 5.41) is 0. The number of ether oxygens (including phenoxy) is 2. The van der Waals surface area contributed by atoms with Gasteiger partial charge in [-0.15, -0.1) is 0 Å². The van der Waals surface area contributed by atoms with Crippen LogP contribution in [0.4, 0.5) is 10.1 Å². The van der Waals surface area contributed by atoms with Gasteiger partial charge in [0.05, 0.1) is 17.2 Å². The van der Waals surface area contributed by atoms with E-state index >= 15 is 0 Å². The van der Waals surface area contributed by atoms with E-state index in [1.165, 1.54) is 12.1 Å². The maximum atomic E-state index is 13.2. The number of esters is 1. The normalized spacial score (nSPS) is 10.9. The van der Waals surface area contributed by atoms with Crippen molar-refractivity contribution < 1.29 is 27.1 Å². The Morgan fingerprint density at radius 1 is 1.22 bits per heavy atom. The predicted octanol–water partition coefficient (Wildman–Crippen LogP) is 3.15. The van der Waals surface area contributed by atoms with Crippen molar-refractivity contribution in [2.75, 3.05) is 24.1 Å². The summed E-state index contributed by atoms with van der Waals surface area (Å²) in [7, 11) is -4.13. The van der Waals surface area contributed by atoms with Crippen molar-refractivity contribution in [3.63, 3.8) is 0 Å². The molecular weight excluding hydrogens is 373 g/mol. The summed E-state index contributed by atoms with van der Waals surface area (Å²) >= 11 is 0. The van der Waals surface area contributed by atoms with E-state index in [-0.39, 0.29) is 23.8 Å². The number of benzene rings is 2. The first-order valence-corrected chi connectivity index (χ1v) is 9.60. The van der Waals surface area contributed by atoms with Gasteiger partial charge in [-0.05, 0) is 43.3 Å². The first-order valence-electron chi connectivity index (χ1n) is 8.16. The van der Waals surface area contributed by atoms with Gasteiger partial charge in [-0.3, -0.25) is 9.10 Å². The molecule has 0 amide bonds. The molecule has 0 aromatic heterocycles. The van der Waals surface area contributed by atoms with Crippen LogP contribution in [0.2, 0.25) is 0 Å². The molecule has 0 saturated heterocycles. The second kappa shape index (κ2) is 9.18. The fourth-order valence-electron chi connectivity index (χ4n) is 2.26. The monoisotopic (exact) mass is 393 g/mol. The number of anilines is 1. The van der Waals surface area contributed by atoms with E-state index < -0.39 is 28.4 Å². The highest BCUT2D eigenvalue weighted by Crippen LogP contribution is 2.27. The standard InChI is InChI=1S/C19H20FNO5S/c1-3-12-26-17-7-5-6-16(13-17)21(14-19(22)25-4-2)27(23,24)18-10-8-15(20)9-11-18/h3,5-11,13H,1,4,12,14H2,2H3. The number of hydrogen-bond donors (Lipinski definition) is 0. The minimum absolute atomic E-state index is 0.117. The molecule has 8 heteroatoms. The maximum Gasteiger partial charge on any atom is 0.326 e. The van der Waals surface area contributed by atoms with Crippen LogP contribution < -0.4 is 9.04 Å². The fraction of sp³-hybridized carbons (Fsp3) is 0.211. The lowest BCUT2D eigenvalue weighted by Crippen LogP contribution is -2.36. The van der Waals surface area contributed by atoms with E-state index in [2.05, 4.69) is 6.58 Å². The molecule has 0 fully saturated rings. The van der Waals surface area contributed by atoms with E-state index in [1.54, 1.807) is 25.1 Å². The highest BCUT2D eigenvalue weighted by Gasteiger charge is 2.28. The maximum absolute atomic E-state index is 13.2. The van der Waals surface area contributed by atoms with Crippen molar-refractivity contribution >= 4 is 21.7 Å². The van der Waals surface area contributed by atoms with E-state index in [0.717, 1.165) is 28.6 Å². The lowest BCUT2D eigenvalue weighted by molar-refractivity contribution is -0.141.